The first-order valence-corrected chi connectivity index (χ1v) is 11.4. The summed E-state index contributed by atoms with van der Waals surface area (Å²) in [5, 5.41) is 13.3. The lowest BCUT2D eigenvalue weighted by Gasteiger charge is -2.05. The molecule has 0 spiro atoms. The van der Waals surface area contributed by atoms with Crippen LogP contribution in [0.3, 0.4) is 0 Å². The van der Waals surface area contributed by atoms with Gasteiger partial charge in [0.2, 0.25) is 0 Å². The normalized spacial score (nSPS) is 11.3. The zero-order valence-corrected chi connectivity index (χ0v) is 17.2. The summed E-state index contributed by atoms with van der Waals surface area (Å²) in [7, 11) is 0. The Labute approximate surface area is 169 Å². The van der Waals surface area contributed by atoms with Crippen molar-refractivity contribution < 1.29 is 0 Å². The van der Waals surface area contributed by atoms with Gasteiger partial charge in [-0.3, -0.25) is 0 Å². The molecule has 0 saturated heterocycles. The van der Waals surface area contributed by atoms with Crippen LogP contribution < -0.4 is 0 Å². The molecular weight excluding hydrogens is 396 g/mol. The van der Waals surface area contributed by atoms with Crippen molar-refractivity contribution in [3.8, 4) is 0 Å². The molecule has 0 radical (unpaired) electrons. The molecule has 138 valence electrons. The summed E-state index contributed by atoms with van der Waals surface area (Å²) >= 11 is 4.93. The van der Waals surface area contributed by atoms with Gasteiger partial charge in [-0.05, 0) is 41.8 Å². The van der Waals surface area contributed by atoms with Crippen molar-refractivity contribution in [2.24, 2.45) is 0 Å². The maximum Gasteiger partial charge on any atom is 0.190 e. The fourth-order valence-corrected chi connectivity index (χ4v) is 4.74. The molecule has 4 heterocycles. The van der Waals surface area contributed by atoms with Crippen LogP contribution in [0.5, 0.6) is 0 Å². The van der Waals surface area contributed by atoms with Gasteiger partial charge in [-0.2, -0.15) is 0 Å². The minimum absolute atomic E-state index is 0.734. The first kappa shape index (κ1) is 18.4. The molecule has 4 aromatic rings. The van der Waals surface area contributed by atoms with Gasteiger partial charge in [-0.15, -0.1) is 16.4 Å². The molecule has 0 amide bonds. The largest absolute Gasteiger partial charge is 0.250 e. The van der Waals surface area contributed by atoms with E-state index in [9.17, 15) is 0 Å². The lowest BCUT2D eigenvalue weighted by atomic mass is 10.3. The second kappa shape index (κ2) is 8.81. The molecule has 0 N–H and O–H groups in total. The number of hydrogen-bond donors (Lipinski definition) is 0. The third-order valence-corrected chi connectivity index (χ3v) is 6.65. The molecule has 0 aliphatic rings. The highest BCUT2D eigenvalue weighted by Gasteiger charge is 2.16. The fourth-order valence-electron chi connectivity index (χ4n) is 2.47. The molecule has 0 aliphatic carbocycles. The van der Waals surface area contributed by atoms with Gasteiger partial charge in [0, 0.05) is 29.8 Å². The van der Waals surface area contributed by atoms with Gasteiger partial charge < -0.3 is 0 Å². The Hall–Kier alpha value is -1.97. The van der Waals surface area contributed by atoms with Crippen LogP contribution in [-0.2, 0) is 13.0 Å². The molecule has 0 atom stereocenters. The van der Waals surface area contributed by atoms with Crippen molar-refractivity contribution in [2.75, 3.05) is 5.75 Å². The Morgan fingerprint density at radius 3 is 2.89 bits per heavy atom. The summed E-state index contributed by atoms with van der Waals surface area (Å²) in [5.41, 5.74) is 1.52. The van der Waals surface area contributed by atoms with Crippen LogP contribution in [0.15, 0.2) is 57.1 Å². The van der Waals surface area contributed by atoms with Crippen molar-refractivity contribution in [3.05, 3.63) is 46.8 Å². The molecule has 0 aromatic carbocycles. The zero-order valence-electron chi connectivity index (χ0n) is 14.8. The Morgan fingerprint density at radius 1 is 1.15 bits per heavy atom. The van der Waals surface area contributed by atoms with E-state index in [-0.39, 0.29) is 0 Å². The van der Waals surface area contributed by atoms with E-state index in [2.05, 4.69) is 39.7 Å². The van der Waals surface area contributed by atoms with Gasteiger partial charge in [0.25, 0.3) is 0 Å². The van der Waals surface area contributed by atoms with E-state index >= 15 is 0 Å². The van der Waals surface area contributed by atoms with Crippen LogP contribution >= 0.6 is 34.9 Å². The molecule has 6 nitrogen and oxygen atoms in total. The molecule has 4 aromatic heterocycles. The molecule has 0 aliphatic heterocycles. The van der Waals surface area contributed by atoms with Crippen LogP contribution in [0, 0.1) is 0 Å². The predicted octanol–water partition coefficient (Wildman–Crippen LogP) is 4.57. The number of fused-ring (bicyclic) bond motifs is 1. The quantitative estimate of drug-likeness (QED) is 0.237. The van der Waals surface area contributed by atoms with Crippen LogP contribution in [0.4, 0.5) is 0 Å². The van der Waals surface area contributed by atoms with Gasteiger partial charge in [-0.1, -0.05) is 36.0 Å². The Morgan fingerprint density at radius 2 is 2.11 bits per heavy atom. The van der Waals surface area contributed by atoms with E-state index in [1.807, 2.05) is 22.9 Å². The van der Waals surface area contributed by atoms with E-state index < -0.39 is 0 Å². The van der Waals surface area contributed by atoms with E-state index in [1.165, 1.54) is 16.6 Å². The van der Waals surface area contributed by atoms with E-state index in [0.29, 0.717) is 0 Å². The number of aryl methyl sites for hydroxylation is 2. The van der Waals surface area contributed by atoms with Crippen molar-refractivity contribution >= 4 is 46.0 Å². The maximum atomic E-state index is 4.73. The third kappa shape index (κ3) is 4.48. The van der Waals surface area contributed by atoms with Crippen molar-refractivity contribution in [2.45, 2.75) is 41.5 Å². The lowest BCUT2D eigenvalue weighted by Crippen LogP contribution is -2.04. The highest BCUT2D eigenvalue weighted by Crippen LogP contribution is 2.31. The predicted molar refractivity (Wildman–Crippen MR) is 111 cm³/mol. The number of aromatic nitrogens is 6. The first-order chi connectivity index (χ1) is 13.3. The van der Waals surface area contributed by atoms with E-state index in [1.54, 1.807) is 29.3 Å². The first-order valence-electron chi connectivity index (χ1n) is 8.69. The van der Waals surface area contributed by atoms with Crippen molar-refractivity contribution in [1.29, 1.82) is 0 Å². The second-order valence-electron chi connectivity index (χ2n) is 5.74. The zero-order chi connectivity index (χ0) is 18.5. The summed E-state index contributed by atoms with van der Waals surface area (Å²) in [4.78, 5) is 15.2. The minimum atomic E-state index is 0.734. The van der Waals surface area contributed by atoms with Crippen LogP contribution in [0.2, 0.25) is 0 Å². The summed E-state index contributed by atoms with van der Waals surface area (Å²) < 4.78 is 1.88. The lowest BCUT2D eigenvalue weighted by molar-refractivity contribution is 0.603. The summed E-state index contributed by atoms with van der Waals surface area (Å²) in [6, 6.07) is 10.1. The summed E-state index contributed by atoms with van der Waals surface area (Å²) in [5.74, 6) is 0.982. The molecule has 0 unspecified atom stereocenters. The van der Waals surface area contributed by atoms with Crippen LogP contribution in [0.1, 0.15) is 18.2 Å². The van der Waals surface area contributed by atoms with Gasteiger partial charge in [0.05, 0.1) is 0 Å². The number of thiophene rings is 1. The van der Waals surface area contributed by atoms with Crippen molar-refractivity contribution in [1.82, 2.24) is 29.9 Å². The Bertz CT molecular complexity index is 1000. The fraction of sp³-hybridized carbons (Fsp3) is 0.278. The van der Waals surface area contributed by atoms with Crippen LogP contribution in [-0.4, -0.2) is 35.7 Å². The van der Waals surface area contributed by atoms with Gasteiger partial charge >= 0.3 is 0 Å². The average Bonchev–Trinajstić information content (AvgIpc) is 3.35. The van der Waals surface area contributed by atoms with Gasteiger partial charge in [0.1, 0.15) is 10.1 Å². The average molecular weight is 415 g/mol. The van der Waals surface area contributed by atoms with Gasteiger partial charge in [0.15, 0.2) is 16.3 Å². The van der Waals surface area contributed by atoms with Crippen molar-refractivity contribution in [3.63, 3.8) is 0 Å². The second-order valence-corrected chi connectivity index (χ2v) is 8.85. The molecule has 9 heteroatoms. The molecule has 0 saturated carbocycles. The highest BCUT2D eigenvalue weighted by molar-refractivity contribution is 7.99. The number of pyridine rings is 1. The van der Waals surface area contributed by atoms with E-state index in [0.717, 1.165) is 51.5 Å². The summed E-state index contributed by atoms with van der Waals surface area (Å²) in [6.45, 7) is 2.90. The molecule has 0 bridgehead atoms. The molecular formula is C18H18N6S3. The van der Waals surface area contributed by atoms with Gasteiger partial charge in [-0.25, -0.2) is 19.6 Å². The monoisotopic (exact) mass is 414 g/mol. The highest BCUT2D eigenvalue weighted by atomic mass is 32.2. The Kier molecular flexibility index (Phi) is 6.00. The topological polar surface area (TPSA) is 69.4 Å². The molecule has 27 heavy (non-hydrogen) atoms. The molecule has 4 rings (SSSR count). The number of nitrogens with zero attached hydrogens (tertiary/aromatic N) is 6. The Balaban J connectivity index is 1.67. The summed E-state index contributed by atoms with van der Waals surface area (Å²) in [6.07, 6.45) is 3.77. The SMILES string of the molecule is CCCSc1nc(Sc2ccccn2)c2nnn(CCc3cccs3)c2n1. The molecule has 0 fully saturated rings. The smallest absolute Gasteiger partial charge is 0.190 e. The standard InChI is InChI=1S/C18H18N6S3/c1-2-11-26-18-20-16-15(17(21-18)27-14-7-3-4-9-19-14)22-23-24(16)10-8-13-6-5-12-25-13/h3-7,9,12H,2,8,10-11H2,1H3. The maximum absolute atomic E-state index is 4.73. The minimum Gasteiger partial charge on any atom is -0.250 e. The third-order valence-electron chi connectivity index (χ3n) is 3.73. The number of rotatable bonds is 8. The number of thioether (sulfide) groups is 1. The number of hydrogen-bond acceptors (Lipinski definition) is 8. The van der Waals surface area contributed by atoms with E-state index in [4.69, 9.17) is 9.97 Å². The van der Waals surface area contributed by atoms with Crippen LogP contribution in [0.25, 0.3) is 11.2 Å².